The molecule has 2 aliphatic rings. The molecule has 1 saturated carbocycles. The maximum absolute atomic E-state index is 11.4. The molecule has 0 unspecified atom stereocenters. The van der Waals surface area contributed by atoms with Gasteiger partial charge in [0.15, 0.2) is 5.75 Å². The Bertz CT molecular complexity index is 593. The topological polar surface area (TPSA) is 87.9 Å². The largest absolute Gasteiger partial charge is 0.500 e. The number of benzene rings is 1. The first-order valence-electron chi connectivity index (χ1n) is 9.12. The van der Waals surface area contributed by atoms with E-state index in [1.807, 2.05) is 0 Å². The van der Waals surface area contributed by atoms with Gasteiger partial charge in [-0.25, -0.2) is 0 Å². The number of phenolic OH excluding ortho intramolecular Hbond substituents is 1. The molecule has 0 radical (unpaired) electrons. The van der Waals surface area contributed by atoms with E-state index in [0.717, 1.165) is 44.6 Å². The summed E-state index contributed by atoms with van der Waals surface area (Å²) in [6.07, 6.45) is 5.98. The number of nitro groups is 1. The van der Waals surface area contributed by atoms with E-state index in [4.69, 9.17) is 4.74 Å². The van der Waals surface area contributed by atoms with E-state index >= 15 is 0 Å². The average molecular weight is 349 g/mol. The molecule has 1 aliphatic heterocycles. The van der Waals surface area contributed by atoms with Crippen LogP contribution >= 0.6 is 0 Å². The van der Waals surface area contributed by atoms with Crippen molar-refractivity contribution in [3.05, 3.63) is 27.8 Å². The molecule has 1 aromatic rings. The number of nitro benzene ring substituents is 1. The number of phenols is 1. The molecule has 7 heteroatoms. The SMILES string of the molecule is COc1cc([C@@H](C2CCCCC2)N2CCNCC2)cc([N+](=O)[O-])c1O. The Morgan fingerprint density at radius 3 is 2.56 bits per heavy atom. The molecule has 138 valence electrons. The minimum atomic E-state index is -0.531. The molecule has 25 heavy (non-hydrogen) atoms. The van der Waals surface area contributed by atoms with E-state index in [1.54, 1.807) is 12.1 Å². The van der Waals surface area contributed by atoms with Gasteiger partial charge in [-0.15, -0.1) is 0 Å². The molecule has 1 heterocycles. The van der Waals surface area contributed by atoms with Crippen LogP contribution in [0.1, 0.15) is 43.7 Å². The van der Waals surface area contributed by atoms with Crippen molar-refractivity contribution in [2.45, 2.75) is 38.1 Å². The summed E-state index contributed by atoms with van der Waals surface area (Å²) < 4.78 is 5.22. The van der Waals surface area contributed by atoms with E-state index in [-0.39, 0.29) is 23.2 Å². The second-order valence-corrected chi connectivity index (χ2v) is 6.98. The fourth-order valence-electron chi connectivity index (χ4n) is 4.27. The smallest absolute Gasteiger partial charge is 0.314 e. The van der Waals surface area contributed by atoms with Gasteiger partial charge in [-0.1, -0.05) is 19.3 Å². The Hall–Kier alpha value is -1.86. The van der Waals surface area contributed by atoms with Crippen molar-refractivity contribution in [3.63, 3.8) is 0 Å². The van der Waals surface area contributed by atoms with Crippen molar-refractivity contribution < 1.29 is 14.8 Å². The van der Waals surface area contributed by atoms with Crippen LogP contribution in [0.25, 0.3) is 0 Å². The van der Waals surface area contributed by atoms with E-state index in [1.165, 1.54) is 26.4 Å². The highest BCUT2D eigenvalue weighted by atomic mass is 16.6. The Morgan fingerprint density at radius 1 is 1.28 bits per heavy atom. The van der Waals surface area contributed by atoms with Gasteiger partial charge in [-0.3, -0.25) is 15.0 Å². The number of rotatable bonds is 5. The number of ether oxygens (including phenoxy) is 1. The van der Waals surface area contributed by atoms with Gasteiger partial charge in [-0.2, -0.15) is 0 Å². The van der Waals surface area contributed by atoms with Crippen LogP contribution in [-0.4, -0.2) is 48.2 Å². The summed E-state index contributed by atoms with van der Waals surface area (Å²) in [5.41, 5.74) is 0.612. The van der Waals surface area contributed by atoms with Crippen LogP contribution in [0.4, 0.5) is 5.69 Å². The number of hydrogen-bond donors (Lipinski definition) is 2. The summed E-state index contributed by atoms with van der Waals surface area (Å²) in [5, 5.41) is 24.9. The third-order valence-electron chi connectivity index (χ3n) is 5.48. The van der Waals surface area contributed by atoms with Crippen molar-refractivity contribution in [1.82, 2.24) is 10.2 Å². The molecule has 1 aliphatic carbocycles. The van der Waals surface area contributed by atoms with Crippen molar-refractivity contribution in [2.24, 2.45) is 5.92 Å². The van der Waals surface area contributed by atoms with Gasteiger partial charge in [0.05, 0.1) is 12.0 Å². The van der Waals surface area contributed by atoms with Crippen LogP contribution in [0.3, 0.4) is 0 Å². The van der Waals surface area contributed by atoms with Gasteiger partial charge in [0, 0.05) is 38.3 Å². The van der Waals surface area contributed by atoms with Crippen LogP contribution in [-0.2, 0) is 0 Å². The maximum Gasteiger partial charge on any atom is 0.314 e. The molecule has 7 nitrogen and oxygen atoms in total. The summed E-state index contributed by atoms with van der Waals surface area (Å²) in [7, 11) is 1.43. The lowest BCUT2D eigenvalue weighted by atomic mass is 9.80. The fourth-order valence-corrected chi connectivity index (χ4v) is 4.27. The van der Waals surface area contributed by atoms with Crippen molar-refractivity contribution in [2.75, 3.05) is 33.3 Å². The van der Waals surface area contributed by atoms with Crippen molar-refractivity contribution in [3.8, 4) is 11.5 Å². The highest BCUT2D eigenvalue weighted by Gasteiger charge is 2.33. The number of nitrogens with zero attached hydrogens (tertiary/aromatic N) is 2. The molecule has 3 rings (SSSR count). The van der Waals surface area contributed by atoms with Crippen LogP contribution in [0, 0.1) is 16.0 Å². The average Bonchev–Trinajstić information content (AvgIpc) is 2.64. The van der Waals surface area contributed by atoms with E-state index < -0.39 is 4.92 Å². The molecule has 0 bridgehead atoms. The van der Waals surface area contributed by atoms with Crippen molar-refractivity contribution >= 4 is 5.69 Å². The highest BCUT2D eigenvalue weighted by Crippen LogP contribution is 2.44. The summed E-state index contributed by atoms with van der Waals surface area (Å²) in [6.45, 7) is 3.72. The van der Waals surface area contributed by atoms with Gasteiger partial charge >= 0.3 is 5.69 Å². The first kappa shape index (κ1) is 17.9. The molecule has 0 spiro atoms. The van der Waals surface area contributed by atoms with Crippen LogP contribution in [0.2, 0.25) is 0 Å². The van der Waals surface area contributed by atoms with Gasteiger partial charge < -0.3 is 15.2 Å². The van der Waals surface area contributed by atoms with Gasteiger partial charge in [0.2, 0.25) is 5.75 Å². The predicted octanol–water partition coefficient (Wildman–Crippen LogP) is 2.84. The molecule has 1 atom stereocenters. The summed E-state index contributed by atoms with van der Waals surface area (Å²) in [5.74, 6) is 0.278. The molecule has 2 N–H and O–H groups in total. The van der Waals surface area contributed by atoms with Gasteiger partial charge in [-0.05, 0) is 30.4 Å². The number of methoxy groups -OCH3 is 1. The molecule has 1 aromatic carbocycles. The summed E-state index contributed by atoms with van der Waals surface area (Å²) >= 11 is 0. The lowest BCUT2D eigenvalue weighted by molar-refractivity contribution is -0.386. The number of nitrogens with one attached hydrogen (secondary N) is 1. The molecular weight excluding hydrogens is 322 g/mol. The quantitative estimate of drug-likeness (QED) is 0.628. The molecule has 0 aromatic heterocycles. The van der Waals surface area contributed by atoms with Crippen molar-refractivity contribution in [1.29, 1.82) is 0 Å². The zero-order chi connectivity index (χ0) is 17.8. The van der Waals surface area contributed by atoms with Crippen LogP contribution < -0.4 is 10.1 Å². The highest BCUT2D eigenvalue weighted by molar-refractivity contribution is 5.57. The monoisotopic (exact) mass is 349 g/mol. The van der Waals surface area contributed by atoms with E-state index in [0.29, 0.717) is 5.92 Å². The van der Waals surface area contributed by atoms with Gasteiger partial charge in [0.25, 0.3) is 0 Å². The third kappa shape index (κ3) is 3.88. The molecule has 2 fully saturated rings. The Kier molecular flexibility index (Phi) is 5.75. The van der Waals surface area contributed by atoms with Crippen LogP contribution in [0.5, 0.6) is 11.5 Å². The van der Waals surface area contributed by atoms with E-state index in [2.05, 4.69) is 10.2 Å². The zero-order valence-electron chi connectivity index (χ0n) is 14.7. The first-order chi connectivity index (χ1) is 12.1. The second kappa shape index (κ2) is 8.01. The first-order valence-corrected chi connectivity index (χ1v) is 9.12. The van der Waals surface area contributed by atoms with Crippen LogP contribution in [0.15, 0.2) is 12.1 Å². The molecule has 1 saturated heterocycles. The predicted molar refractivity (Wildman–Crippen MR) is 95.1 cm³/mol. The second-order valence-electron chi connectivity index (χ2n) is 6.98. The summed E-state index contributed by atoms with van der Waals surface area (Å²) in [6, 6.07) is 3.46. The molecular formula is C18H27N3O4. The van der Waals surface area contributed by atoms with Gasteiger partial charge in [0.1, 0.15) is 0 Å². The lowest BCUT2D eigenvalue weighted by Crippen LogP contribution is -2.47. The fraction of sp³-hybridized carbons (Fsp3) is 0.667. The standard InChI is InChI=1S/C18H27N3O4/c1-25-16-12-14(11-15(18(16)22)21(23)24)17(13-5-3-2-4-6-13)20-9-7-19-8-10-20/h11-13,17,19,22H,2-10H2,1H3/t17-/m1/s1. The number of hydrogen-bond acceptors (Lipinski definition) is 6. The maximum atomic E-state index is 11.4. The van der Waals surface area contributed by atoms with E-state index in [9.17, 15) is 15.2 Å². The molecule has 0 amide bonds. The normalized spacial score (nSPS) is 21.0. The minimum absolute atomic E-state index is 0.135. The lowest BCUT2D eigenvalue weighted by Gasteiger charge is -2.41. The third-order valence-corrected chi connectivity index (χ3v) is 5.48. The Morgan fingerprint density at radius 2 is 1.96 bits per heavy atom. The zero-order valence-corrected chi connectivity index (χ0v) is 14.7. The number of aromatic hydroxyl groups is 1. The Balaban J connectivity index is 2.01. The number of piperazine rings is 1. The Labute approximate surface area is 148 Å². The minimum Gasteiger partial charge on any atom is -0.500 e. The summed E-state index contributed by atoms with van der Waals surface area (Å²) in [4.78, 5) is 13.3.